The lowest BCUT2D eigenvalue weighted by Crippen LogP contribution is -2.33. The number of rotatable bonds is 26. The Morgan fingerprint density at radius 3 is 0.762 bits per heavy atom. The Hall–Kier alpha value is -15.1. The van der Waals surface area contributed by atoms with E-state index in [1.807, 2.05) is 0 Å². The number of ether oxygens (including phenoxy) is 4. The topological polar surface area (TPSA) is 105 Å². The van der Waals surface area contributed by atoms with Crippen LogP contribution in [-0.4, -0.2) is 50.3 Å². The molecule has 8 heteroatoms. The van der Waals surface area contributed by atoms with Crippen molar-refractivity contribution >= 4 is 88.5 Å². The fourth-order valence-electron chi connectivity index (χ4n) is 26.0. The third kappa shape index (κ3) is 14.5. The number of fused-ring (bicyclic) bond motifs is 15. The largest absolute Gasteiger partial charge is 0.463 e. The molecule has 0 fully saturated rings. The van der Waals surface area contributed by atoms with Gasteiger partial charge in [0.15, 0.2) is 0 Å². The Balaban J connectivity index is 0.568. The zero-order chi connectivity index (χ0) is 99.0. The minimum absolute atomic E-state index is 0.0214. The summed E-state index contributed by atoms with van der Waals surface area (Å²) < 4.78 is 23.8. The zero-order valence-electron chi connectivity index (χ0n) is 83.9. The van der Waals surface area contributed by atoms with Crippen molar-refractivity contribution in [2.75, 3.05) is 26.4 Å². The molecule has 0 bridgehead atoms. The van der Waals surface area contributed by atoms with Gasteiger partial charge in [0, 0.05) is 46.0 Å². The molecule has 0 aromatic heterocycles. The molecule has 0 saturated heterocycles. The molecule has 5 aliphatic rings. The summed E-state index contributed by atoms with van der Waals surface area (Å²) in [5.74, 6) is -1.93. The number of esters is 4. The van der Waals surface area contributed by atoms with E-state index in [2.05, 4.69) is 388 Å². The molecule has 1 atom stereocenters. The minimum Gasteiger partial charge on any atom is -0.463 e. The normalized spacial score (nSPS) is 15.4. The van der Waals surface area contributed by atoms with Gasteiger partial charge in [-0.2, -0.15) is 0 Å². The predicted octanol–water partition coefficient (Wildman–Crippen LogP) is 33.6. The molecule has 0 aliphatic heterocycles. The number of carbonyl (C=O) groups excluding carboxylic acids is 4. The summed E-state index contributed by atoms with van der Waals surface area (Å²) in [6.07, 6.45) is 9.95. The Bertz CT molecular complexity index is 8440. The van der Waals surface area contributed by atoms with Crippen molar-refractivity contribution in [1.29, 1.82) is 0 Å². The lowest BCUT2D eigenvalue weighted by atomic mass is 9.70. The first-order chi connectivity index (χ1) is 68.9. The lowest BCUT2D eigenvalue weighted by molar-refractivity contribution is -0.140. The molecule has 0 radical (unpaired) electrons. The molecule has 0 amide bonds. The van der Waals surface area contributed by atoms with Crippen molar-refractivity contribution in [3.63, 3.8) is 0 Å². The number of benzene rings is 18. The number of carbonyl (C=O) groups is 4. The molecule has 18 aromatic carbocycles. The smallest absolute Gasteiger partial charge is 0.330 e. The maximum absolute atomic E-state index is 13.7. The van der Waals surface area contributed by atoms with E-state index in [4.69, 9.17) is 18.9 Å². The molecule has 0 saturated carbocycles. The second kappa shape index (κ2) is 34.1. The van der Waals surface area contributed by atoms with Gasteiger partial charge < -0.3 is 18.9 Å². The highest BCUT2D eigenvalue weighted by molar-refractivity contribution is 6.27. The van der Waals surface area contributed by atoms with Crippen molar-refractivity contribution in [1.82, 2.24) is 0 Å². The van der Waals surface area contributed by atoms with Gasteiger partial charge in [-0.15, -0.1) is 0 Å². The summed E-state index contributed by atoms with van der Waals surface area (Å²) in [5, 5.41) is 15.4. The van der Waals surface area contributed by atoms with Gasteiger partial charge in [-0.3, -0.25) is 0 Å². The fraction of sp³-hybridized carbons (Fsp3) is 0.230. The van der Waals surface area contributed by atoms with E-state index < -0.39 is 34.7 Å². The summed E-state index contributed by atoms with van der Waals surface area (Å²) in [5.41, 5.74) is 37.7. The Labute approximate surface area is 838 Å². The third-order valence-electron chi connectivity index (χ3n) is 33.6. The van der Waals surface area contributed by atoms with Crippen LogP contribution in [0.15, 0.2) is 330 Å². The van der Waals surface area contributed by atoms with Crippen LogP contribution in [0.5, 0.6) is 0 Å². The van der Waals surface area contributed by atoms with Crippen LogP contribution in [0.1, 0.15) is 201 Å². The average molecular weight is 1870 g/mol. The zero-order valence-corrected chi connectivity index (χ0v) is 83.9. The molecular formula is C135H118O8. The summed E-state index contributed by atoms with van der Waals surface area (Å²) in [7, 11) is 0. The Kier molecular flexibility index (Phi) is 21.8. The van der Waals surface area contributed by atoms with Gasteiger partial charge in [0.2, 0.25) is 0 Å². The molecule has 143 heavy (non-hydrogen) atoms. The quantitative estimate of drug-likeness (QED) is 0.0174. The highest BCUT2D eigenvalue weighted by Crippen LogP contribution is 2.62. The van der Waals surface area contributed by atoms with E-state index in [1.165, 1.54) is 200 Å². The first-order valence-electron chi connectivity index (χ1n) is 51.0. The molecular weight excluding hydrogens is 1750 g/mol. The van der Waals surface area contributed by atoms with Gasteiger partial charge in [0.1, 0.15) is 6.61 Å². The van der Waals surface area contributed by atoms with Gasteiger partial charge in [0.05, 0.1) is 25.2 Å². The highest BCUT2D eigenvalue weighted by atomic mass is 16.5. The van der Waals surface area contributed by atoms with Crippen molar-refractivity contribution in [2.45, 2.75) is 172 Å². The molecule has 1 unspecified atom stereocenters. The van der Waals surface area contributed by atoms with Gasteiger partial charge in [-0.1, -0.05) is 328 Å². The van der Waals surface area contributed by atoms with Gasteiger partial charge in [0.25, 0.3) is 0 Å². The predicted molar refractivity (Wildman–Crippen MR) is 591 cm³/mol. The maximum Gasteiger partial charge on any atom is 0.330 e. The lowest BCUT2D eigenvalue weighted by Gasteiger charge is -2.33. The third-order valence-corrected chi connectivity index (χ3v) is 33.6. The standard InChI is InChI=1S/C135H118O8/c1-17-121(136)140-61-23-58-134(59-24-62-141-122(137)18-2)117-72-85(81-32-46-99-101-54-40-89(76-113(101)131(13,14)111(99)68-81)97-44-30-79-26-28-91-64-95(129(7,8)9)66-93-42-56-109(97)127(79)125(91)93)36-50-105(117)106-51-37-86(73-118(106)134)83-34-48-103-104-49-35-84(71-116(104)133(21-5,22-6)115(103)70-83)88-39-53-108-107-52-38-87(74-119(107)135(120(108)75-88,78-143-124(139)20-4)60-25-63-142-123(138)19-3)82-33-47-100-102-55-41-90(77-114(102)132(15,16)112(100)69-82)98-45-31-80-27-29-92-65-96(130(10,11)12)67-94-43-57-110(98)128(80)126(92)94/h17-20,26-57,64-77H,1-4,21-25,58-63,78H2,5-16H3. The molecule has 8 nitrogen and oxygen atoms in total. The molecule has 706 valence electrons. The first-order valence-corrected chi connectivity index (χ1v) is 51.0. The summed E-state index contributed by atoms with van der Waals surface area (Å²) in [4.78, 5) is 52.3. The maximum atomic E-state index is 13.7. The molecule has 0 spiro atoms. The van der Waals surface area contributed by atoms with E-state index in [0.29, 0.717) is 38.5 Å². The number of hydrogen-bond acceptors (Lipinski definition) is 8. The van der Waals surface area contributed by atoms with Crippen LogP contribution in [0.2, 0.25) is 0 Å². The monoisotopic (exact) mass is 1870 g/mol. The first kappa shape index (κ1) is 91.6. The Morgan fingerprint density at radius 1 is 0.252 bits per heavy atom. The molecule has 23 rings (SSSR count). The summed E-state index contributed by atoms with van der Waals surface area (Å²) in [6, 6.07) is 107. The van der Waals surface area contributed by atoms with Gasteiger partial charge in [-0.25, -0.2) is 19.2 Å². The summed E-state index contributed by atoms with van der Waals surface area (Å²) in [6.45, 7) is 43.5. The second-order valence-electron chi connectivity index (χ2n) is 43.9. The number of hydrogen-bond donors (Lipinski definition) is 0. The van der Waals surface area contributed by atoms with Crippen LogP contribution in [0.3, 0.4) is 0 Å². The van der Waals surface area contributed by atoms with Crippen LogP contribution in [-0.2, 0) is 76.0 Å². The van der Waals surface area contributed by atoms with Crippen molar-refractivity contribution in [3.05, 3.63) is 396 Å². The van der Waals surface area contributed by atoms with Crippen molar-refractivity contribution in [3.8, 4) is 122 Å². The summed E-state index contributed by atoms with van der Waals surface area (Å²) >= 11 is 0. The van der Waals surface area contributed by atoms with Crippen LogP contribution in [0, 0.1) is 0 Å². The average Bonchev–Trinajstić information content (AvgIpc) is 1.67. The van der Waals surface area contributed by atoms with Gasteiger partial charge in [-0.05, 0) is 377 Å². The van der Waals surface area contributed by atoms with Crippen LogP contribution >= 0.6 is 0 Å². The van der Waals surface area contributed by atoms with E-state index in [-0.39, 0.29) is 53.5 Å². The van der Waals surface area contributed by atoms with Crippen LogP contribution in [0.4, 0.5) is 0 Å². The van der Waals surface area contributed by atoms with E-state index in [1.54, 1.807) is 0 Å². The van der Waals surface area contributed by atoms with Gasteiger partial charge >= 0.3 is 23.9 Å². The second-order valence-corrected chi connectivity index (χ2v) is 43.9. The molecule has 18 aromatic rings. The van der Waals surface area contributed by atoms with E-state index in [9.17, 15) is 19.2 Å². The molecule has 5 aliphatic carbocycles. The fourth-order valence-corrected chi connectivity index (χ4v) is 26.0. The highest BCUT2D eigenvalue weighted by Gasteiger charge is 2.49. The van der Waals surface area contributed by atoms with Crippen LogP contribution < -0.4 is 0 Å². The Morgan fingerprint density at radius 2 is 0.476 bits per heavy atom. The van der Waals surface area contributed by atoms with Crippen molar-refractivity contribution in [2.24, 2.45) is 0 Å². The van der Waals surface area contributed by atoms with Crippen LogP contribution in [0.25, 0.3) is 187 Å². The van der Waals surface area contributed by atoms with E-state index >= 15 is 0 Å². The molecule has 0 N–H and O–H groups in total. The SMILES string of the molecule is C=CC(=O)OCCCC1(CCCOC(=O)C=C)c2cc(-c3ccc4c(c3)C(C)(C)c3cc(-c5ccc6ccc7cc(C(C)(C)C)cc8ccc5c6c78)ccc3-4)ccc2-c2ccc(-c3ccc4c(c3)C(CC)(CC)c3cc(-c5ccc6c(c5)C(CCCOC(=O)C=C)(COC(=O)C=C)c5cc(-c7ccc8c(c7)C(C)(C)c7cc(-c9ccc%10ccc%11cc(C(C)(C)C)cc%12ccc9c%10c%11%12)ccc7-8)ccc5-6)ccc3-4)cc21. The minimum atomic E-state index is -0.891. The molecule has 0 heterocycles. The van der Waals surface area contributed by atoms with E-state index in [0.717, 1.165) is 90.7 Å². The van der Waals surface area contributed by atoms with Crippen molar-refractivity contribution < 1.29 is 38.1 Å².